The maximum Gasteiger partial charge on any atom is 0.137 e. The molecule has 2 fully saturated rings. The second-order valence-electron chi connectivity index (χ2n) is 6.85. The topological polar surface area (TPSA) is 23.6 Å². The van der Waals surface area contributed by atoms with Crippen molar-refractivity contribution in [1.29, 1.82) is 0 Å². The highest BCUT2D eigenvalue weighted by atomic mass is 16.1. The highest BCUT2D eigenvalue weighted by Crippen LogP contribution is 2.29. The molecule has 3 atom stereocenters. The Morgan fingerprint density at radius 2 is 2.05 bits per heavy atom. The number of carbonyl (C=O) groups excluding carboxylic acids is 1. The normalized spacial score (nSPS) is 33.3. The monoisotopic (exact) mass is 266 g/mol. The molecule has 2 rings (SSSR count). The Balaban J connectivity index is 1.77. The molecule has 0 aromatic heterocycles. The number of hydrogen-bond donors (Lipinski definition) is 0. The lowest BCUT2D eigenvalue weighted by atomic mass is 9.79. The molecule has 2 aliphatic rings. The van der Waals surface area contributed by atoms with E-state index in [1.165, 1.54) is 25.9 Å². The first kappa shape index (κ1) is 15.0. The lowest BCUT2D eigenvalue weighted by Crippen LogP contribution is -2.37. The van der Waals surface area contributed by atoms with Crippen LogP contribution in [-0.2, 0) is 4.79 Å². The molecular formula is C16H30N2O. The van der Waals surface area contributed by atoms with Crippen molar-refractivity contribution in [3.8, 4) is 0 Å². The van der Waals surface area contributed by atoms with Crippen LogP contribution in [0.1, 0.15) is 39.0 Å². The van der Waals surface area contributed by atoms with E-state index in [-0.39, 0.29) is 0 Å². The fraction of sp³-hybridized carbons (Fsp3) is 0.938. The Labute approximate surface area is 118 Å². The fourth-order valence-corrected chi connectivity index (χ4v) is 3.82. The molecule has 0 spiro atoms. The molecule has 1 saturated carbocycles. The van der Waals surface area contributed by atoms with E-state index >= 15 is 0 Å². The first-order chi connectivity index (χ1) is 9.08. The zero-order valence-electron chi connectivity index (χ0n) is 12.9. The molecule has 19 heavy (non-hydrogen) atoms. The number of nitrogens with zero attached hydrogens (tertiary/aromatic N) is 2. The maximum absolute atomic E-state index is 12.0. The largest absolute Gasteiger partial charge is 0.306 e. The molecule has 0 radical (unpaired) electrons. The van der Waals surface area contributed by atoms with Crippen LogP contribution in [0.5, 0.6) is 0 Å². The molecule has 3 unspecified atom stereocenters. The summed E-state index contributed by atoms with van der Waals surface area (Å²) in [6.45, 7) is 6.86. The van der Waals surface area contributed by atoms with Crippen molar-refractivity contribution >= 4 is 5.78 Å². The SMILES string of the molecule is CCC1CCC(=O)C(CN(C)CC2CCN(C)C2)C1. The van der Waals surface area contributed by atoms with Crippen molar-refractivity contribution in [2.75, 3.05) is 40.3 Å². The highest BCUT2D eigenvalue weighted by Gasteiger charge is 2.29. The van der Waals surface area contributed by atoms with E-state index in [9.17, 15) is 4.79 Å². The summed E-state index contributed by atoms with van der Waals surface area (Å²) < 4.78 is 0. The van der Waals surface area contributed by atoms with Gasteiger partial charge in [0.2, 0.25) is 0 Å². The lowest BCUT2D eigenvalue weighted by molar-refractivity contribution is -0.126. The van der Waals surface area contributed by atoms with E-state index in [2.05, 4.69) is 30.8 Å². The van der Waals surface area contributed by atoms with Crippen molar-refractivity contribution in [2.24, 2.45) is 17.8 Å². The second-order valence-corrected chi connectivity index (χ2v) is 6.85. The van der Waals surface area contributed by atoms with Crippen molar-refractivity contribution in [3.63, 3.8) is 0 Å². The number of carbonyl (C=O) groups is 1. The molecule has 0 aromatic carbocycles. The van der Waals surface area contributed by atoms with Gasteiger partial charge < -0.3 is 9.80 Å². The number of likely N-dealkylation sites (tertiary alicyclic amines) is 1. The molecular weight excluding hydrogens is 236 g/mol. The van der Waals surface area contributed by atoms with Gasteiger partial charge in [-0.2, -0.15) is 0 Å². The van der Waals surface area contributed by atoms with Gasteiger partial charge in [0.15, 0.2) is 0 Å². The van der Waals surface area contributed by atoms with Crippen LogP contribution in [0.15, 0.2) is 0 Å². The third kappa shape index (κ3) is 4.28. The van der Waals surface area contributed by atoms with Gasteiger partial charge in [-0.05, 0) is 51.7 Å². The molecule has 3 nitrogen and oxygen atoms in total. The van der Waals surface area contributed by atoms with E-state index in [4.69, 9.17) is 0 Å². The Hall–Kier alpha value is -0.410. The summed E-state index contributed by atoms with van der Waals surface area (Å²) in [4.78, 5) is 16.9. The van der Waals surface area contributed by atoms with Gasteiger partial charge >= 0.3 is 0 Å². The van der Waals surface area contributed by atoms with Gasteiger partial charge in [-0.25, -0.2) is 0 Å². The number of hydrogen-bond acceptors (Lipinski definition) is 3. The van der Waals surface area contributed by atoms with Crippen LogP contribution in [0.3, 0.4) is 0 Å². The van der Waals surface area contributed by atoms with E-state index in [0.717, 1.165) is 44.2 Å². The molecule has 0 bridgehead atoms. The van der Waals surface area contributed by atoms with Crippen molar-refractivity contribution in [1.82, 2.24) is 9.80 Å². The van der Waals surface area contributed by atoms with Gasteiger partial charge in [-0.15, -0.1) is 0 Å². The first-order valence-electron chi connectivity index (χ1n) is 7.98. The minimum absolute atomic E-state index is 0.308. The third-order valence-electron chi connectivity index (χ3n) is 5.04. The molecule has 110 valence electrons. The molecule has 1 saturated heterocycles. The highest BCUT2D eigenvalue weighted by molar-refractivity contribution is 5.81. The lowest BCUT2D eigenvalue weighted by Gasteiger charge is -2.31. The number of ketones is 1. The van der Waals surface area contributed by atoms with Gasteiger partial charge in [-0.1, -0.05) is 13.3 Å². The Kier molecular flexibility index (Phi) is 5.40. The quantitative estimate of drug-likeness (QED) is 0.762. The summed E-state index contributed by atoms with van der Waals surface area (Å²) in [5.41, 5.74) is 0. The minimum atomic E-state index is 0.308. The summed E-state index contributed by atoms with van der Waals surface area (Å²) in [6, 6.07) is 0. The summed E-state index contributed by atoms with van der Waals surface area (Å²) >= 11 is 0. The van der Waals surface area contributed by atoms with E-state index in [1.807, 2.05) is 0 Å². The number of Topliss-reactive ketones (excluding diaryl/α,β-unsaturated/α-hetero) is 1. The zero-order valence-corrected chi connectivity index (χ0v) is 12.9. The van der Waals surface area contributed by atoms with Gasteiger partial charge in [0.1, 0.15) is 5.78 Å². The summed E-state index contributed by atoms with van der Waals surface area (Å²) in [6.07, 6.45) is 5.63. The average molecular weight is 266 g/mol. The van der Waals surface area contributed by atoms with Gasteiger partial charge in [0.25, 0.3) is 0 Å². The van der Waals surface area contributed by atoms with Crippen LogP contribution < -0.4 is 0 Å². The minimum Gasteiger partial charge on any atom is -0.306 e. The van der Waals surface area contributed by atoms with Crippen LogP contribution in [0.2, 0.25) is 0 Å². The van der Waals surface area contributed by atoms with Crippen molar-refractivity contribution < 1.29 is 4.79 Å². The average Bonchev–Trinajstić information content (AvgIpc) is 2.77. The summed E-state index contributed by atoms with van der Waals surface area (Å²) in [7, 11) is 4.40. The van der Waals surface area contributed by atoms with Crippen LogP contribution in [0.4, 0.5) is 0 Å². The van der Waals surface area contributed by atoms with Crippen LogP contribution in [0, 0.1) is 17.8 Å². The molecule has 0 aromatic rings. The van der Waals surface area contributed by atoms with E-state index in [0.29, 0.717) is 11.7 Å². The molecule has 1 aliphatic heterocycles. The maximum atomic E-state index is 12.0. The Morgan fingerprint density at radius 1 is 1.26 bits per heavy atom. The third-order valence-corrected chi connectivity index (χ3v) is 5.04. The Bertz CT molecular complexity index is 305. The van der Waals surface area contributed by atoms with Crippen molar-refractivity contribution in [3.05, 3.63) is 0 Å². The summed E-state index contributed by atoms with van der Waals surface area (Å²) in [5.74, 6) is 2.41. The smallest absolute Gasteiger partial charge is 0.137 e. The van der Waals surface area contributed by atoms with Gasteiger partial charge in [0.05, 0.1) is 0 Å². The van der Waals surface area contributed by atoms with Gasteiger partial charge in [0, 0.05) is 32.0 Å². The van der Waals surface area contributed by atoms with E-state index in [1.54, 1.807) is 0 Å². The molecule has 1 heterocycles. The predicted molar refractivity (Wildman–Crippen MR) is 79.2 cm³/mol. The Morgan fingerprint density at radius 3 is 2.68 bits per heavy atom. The molecule has 0 N–H and O–H groups in total. The predicted octanol–water partition coefficient (Wildman–Crippen LogP) is 2.27. The molecule has 3 heteroatoms. The summed E-state index contributed by atoms with van der Waals surface area (Å²) in [5, 5.41) is 0. The van der Waals surface area contributed by atoms with Crippen LogP contribution >= 0.6 is 0 Å². The van der Waals surface area contributed by atoms with Crippen LogP contribution in [-0.4, -0.2) is 55.9 Å². The number of rotatable bonds is 5. The second kappa shape index (κ2) is 6.85. The van der Waals surface area contributed by atoms with Crippen molar-refractivity contribution in [2.45, 2.75) is 39.0 Å². The first-order valence-corrected chi connectivity index (χ1v) is 7.98. The standard InChI is InChI=1S/C16H30N2O/c1-4-13-5-6-16(19)15(9-13)12-18(3)11-14-7-8-17(2)10-14/h13-15H,4-12H2,1-3H3. The van der Waals surface area contributed by atoms with E-state index < -0.39 is 0 Å². The van der Waals surface area contributed by atoms with Gasteiger partial charge in [-0.3, -0.25) is 4.79 Å². The molecule has 0 amide bonds. The molecule has 1 aliphatic carbocycles. The zero-order chi connectivity index (χ0) is 13.8. The fourth-order valence-electron chi connectivity index (χ4n) is 3.82. The van der Waals surface area contributed by atoms with Crippen LogP contribution in [0.25, 0.3) is 0 Å².